The summed E-state index contributed by atoms with van der Waals surface area (Å²) in [6.45, 7) is 2.63. The lowest BCUT2D eigenvalue weighted by Crippen LogP contribution is -2.33. The standard InChI is InChI=1S/C4H9NO2.H4N2O2S/c6-5-1-3-7-4-2-5;1-5(2,3)4/h6H,1-4H2;(H4,1,2,3,4). The summed E-state index contributed by atoms with van der Waals surface area (Å²) in [5, 5.41) is 18.1. The van der Waals surface area contributed by atoms with Gasteiger partial charge in [-0.2, -0.15) is 13.5 Å². The first-order valence-electron chi connectivity index (χ1n) is 3.21. The van der Waals surface area contributed by atoms with Crippen molar-refractivity contribution >= 4 is 10.2 Å². The Balaban J connectivity index is 0.000000217. The van der Waals surface area contributed by atoms with Crippen LogP contribution in [0, 0.1) is 0 Å². The molecule has 7 nitrogen and oxygen atoms in total. The Morgan fingerprint density at radius 3 is 1.75 bits per heavy atom. The Bertz CT molecular complexity index is 190. The monoisotopic (exact) mass is 199 g/mol. The molecule has 12 heavy (non-hydrogen) atoms. The van der Waals surface area contributed by atoms with Crippen molar-refractivity contribution in [2.24, 2.45) is 10.3 Å². The highest BCUT2D eigenvalue weighted by molar-refractivity contribution is 7.86. The molecule has 0 saturated carbocycles. The summed E-state index contributed by atoms with van der Waals surface area (Å²) in [4.78, 5) is 0. The Labute approximate surface area is 71.0 Å². The molecule has 0 radical (unpaired) electrons. The highest BCUT2D eigenvalue weighted by Gasteiger charge is 2.04. The molecule has 0 aliphatic carbocycles. The largest absolute Gasteiger partial charge is 0.379 e. The smallest absolute Gasteiger partial charge is 0.271 e. The van der Waals surface area contributed by atoms with Crippen LogP contribution in [0.25, 0.3) is 0 Å². The van der Waals surface area contributed by atoms with Crippen LogP contribution in [0.2, 0.25) is 0 Å². The van der Waals surface area contributed by atoms with Crippen LogP contribution >= 0.6 is 0 Å². The summed E-state index contributed by atoms with van der Waals surface area (Å²) in [5.41, 5.74) is 0. The van der Waals surface area contributed by atoms with E-state index in [2.05, 4.69) is 10.3 Å². The fourth-order valence-corrected chi connectivity index (χ4v) is 0.554. The first-order valence-corrected chi connectivity index (χ1v) is 4.82. The third-order valence-corrected chi connectivity index (χ3v) is 0.987. The van der Waals surface area contributed by atoms with Gasteiger partial charge in [0.2, 0.25) is 0 Å². The van der Waals surface area contributed by atoms with Crippen LogP contribution in [-0.2, 0) is 14.9 Å². The molecule has 0 atom stereocenters. The SMILES string of the molecule is NS(N)(=O)=O.ON1CCOCC1. The minimum Gasteiger partial charge on any atom is -0.379 e. The maximum absolute atomic E-state index is 9.19. The van der Waals surface area contributed by atoms with E-state index in [-0.39, 0.29) is 0 Å². The summed E-state index contributed by atoms with van der Waals surface area (Å²) in [7, 11) is -3.67. The molecule has 1 fully saturated rings. The molecular formula is C4H13N3O4S. The topological polar surface area (TPSA) is 119 Å². The van der Waals surface area contributed by atoms with E-state index in [4.69, 9.17) is 9.94 Å². The van der Waals surface area contributed by atoms with E-state index < -0.39 is 10.2 Å². The van der Waals surface area contributed by atoms with Gasteiger partial charge >= 0.3 is 0 Å². The predicted octanol–water partition coefficient (Wildman–Crippen LogP) is -2.14. The van der Waals surface area contributed by atoms with Gasteiger partial charge in [0.15, 0.2) is 0 Å². The van der Waals surface area contributed by atoms with Gasteiger partial charge in [-0.05, 0) is 0 Å². The number of hydroxylamine groups is 2. The molecule has 0 amide bonds. The van der Waals surface area contributed by atoms with Crippen LogP contribution in [-0.4, -0.2) is 45.0 Å². The number of hydrogen-bond acceptors (Lipinski definition) is 5. The maximum atomic E-state index is 9.19. The second kappa shape index (κ2) is 5.41. The van der Waals surface area contributed by atoms with Crippen LogP contribution in [0.5, 0.6) is 0 Å². The fraction of sp³-hybridized carbons (Fsp3) is 1.00. The Morgan fingerprint density at radius 1 is 1.25 bits per heavy atom. The van der Waals surface area contributed by atoms with E-state index in [1.807, 2.05) is 0 Å². The fourth-order valence-electron chi connectivity index (χ4n) is 0.554. The molecule has 0 aromatic heterocycles. The van der Waals surface area contributed by atoms with Crippen molar-refractivity contribution in [3.05, 3.63) is 0 Å². The molecule has 1 saturated heterocycles. The van der Waals surface area contributed by atoms with E-state index in [1.165, 1.54) is 5.06 Å². The second-order valence-electron chi connectivity index (χ2n) is 2.16. The Morgan fingerprint density at radius 2 is 1.58 bits per heavy atom. The minimum atomic E-state index is -3.67. The van der Waals surface area contributed by atoms with E-state index >= 15 is 0 Å². The molecule has 0 aromatic rings. The van der Waals surface area contributed by atoms with Gasteiger partial charge in [-0.15, -0.1) is 0 Å². The predicted molar refractivity (Wildman–Crippen MR) is 41.5 cm³/mol. The van der Waals surface area contributed by atoms with Crippen molar-refractivity contribution in [2.45, 2.75) is 0 Å². The van der Waals surface area contributed by atoms with Gasteiger partial charge in [0.05, 0.1) is 13.2 Å². The van der Waals surface area contributed by atoms with Crippen molar-refractivity contribution in [3.63, 3.8) is 0 Å². The molecule has 0 spiro atoms. The van der Waals surface area contributed by atoms with Crippen molar-refractivity contribution in [1.82, 2.24) is 5.06 Å². The molecule has 1 aliphatic rings. The second-order valence-corrected chi connectivity index (χ2v) is 3.33. The quantitative estimate of drug-likeness (QED) is 0.411. The van der Waals surface area contributed by atoms with Gasteiger partial charge in [0.25, 0.3) is 10.2 Å². The van der Waals surface area contributed by atoms with Crippen molar-refractivity contribution in [3.8, 4) is 0 Å². The summed E-state index contributed by atoms with van der Waals surface area (Å²) >= 11 is 0. The lowest BCUT2D eigenvalue weighted by Gasteiger charge is -2.19. The molecule has 1 rings (SSSR count). The van der Waals surface area contributed by atoms with Crippen LogP contribution in [0.15, 0.2) is 0 Å². The third kappa shape index (κ3) is 12.4. The lowest BCUT2D eigenvalue weighted by molar-refractivity contribution is -0.143. The van der Waals surface area contributed by atoms with Crippen LogP contribution < -0.4 is 10.3 Å². The highest BCUT2D eigenvalue weighted by atomic mass is 32.2. The van der Waals surface area contributed by atoms with E-state index in [0.29, 0.717) is 26.3 Å². The number of hydrogen-bond donors (Lipinski definition) is 3. The van der Waals surface area contributed by atoms with Gasteiger partial charge in [0, 0.05) is 13.1 Å². The number of ether oxygens (including phenoxy) is 1. The molecule has 74 valence electrons. The van der Waals surface area contributed by atoms with Gasteiger partial charge in [-0.1, -0.05) is 0 Å². The highest BCUT2D eigenvalue weighted by Crippen LogP contribution is 1.89. The molecule has 1 heterocycles. The van der Waals surface area contributed by atoms with Gasteiger partial charge < -0.3 is 9.94 Å². The first kappa shape index (κ1) is 11.8. The zero-order valence-corrected chi connectivity index (χ0v) is 7.33. The Kier molecular flexibility index (Phi) is 5.29. The molecule has 0 aromatic carbocycles. The summed E-state index contributed by atoms with van der Waals surface area (Å²) in [5.74, 6) is 0. The first-order chi connectivity index (χ1) is 5.39. The van der Waals surface area contributed by atoms with Crippen molar-refractivity contribution in [2.75, 3.05) is 26.3 Å². The minimum absolute atomic E-state index is 0.653. The lowest BCUT2D eigenvalue weighted by atomic mass is 10.5. The normalized spacial score (nSPS) is 19.6. The Hall–Kier alpha value is -0.250. The van der Waals surface area contributed by atoms with Gasteiger partial charge in [-0.25, -0.2) is 10.3 Å². The van der Waals surface area contributed by atoms with E-state index in [9.17, 15) is 8.42 Å². The van der Waals surface area contributed by atoms with Crippen molar-refractivity contribution in [1.29, 1.82) is 0 Å². The average molecular weight is 199 g/mol. The maximum Gasteiger partial charge on any atom is 0.271 e. The van der Waals surface area contributed by atoms with Gasteiger partial charge in [0.1, 0.15) is 0 Å². The number of morpholine rings is 1. The molecular weight excluding hydrogens is 186 g/mol. The van der Waals surface area contributed by atoms with Crippen LogP contribution in [0.1, 0.15) is 0 Å². The number of nitrogens with zero attached hydrogens (tertiary/aromatic N) is 1. The molecule has 1 aliphatic heterocycles. The summed E-state index contributed by atoms with van der Waals surface area (Å²) < 4.78 is 23.3. The van der Waals surface area contributed by atoms with E-state index in [0.717, 1.165) is 0 Å². The number of nitrogens with two attached hydrogens (primary N) is 2. The van der Waals surface area contributed by atoms with E-state index in [1.54, 1.807) is 0 Å². The van der Waals surface area contributed by atoms with Crippen LogP contribution in [0.3, 0.4) is 0 Å². The van der Waals surface area contributed by atoms with Crippen LogP contribution in [0.4, 0.5) is 0 Å². The average Bonchev–Trinajstić information content (AvgIpc) is 1.85. The molecule has 5 N–H and O–H groups in total. The summed E-state index contributed by atoms with van der Waals surface area (Å²) in [6.07, 6.45) is 0. The number of rotatable bonds is 0. The molecule has 0 bridgehead atoms. The third-order valence-electron chi connectivity index (χ3n) is 0.987. The zero-order chi connectivity index (χ0) is 9.61. The van der Waals surface area contributed by atoms with Gasteiger partial charge in [-0.3, -0.25) is 0 Å². The molecule has 0 unspecified atom stereocenters. The van der Waals surface area contributed by atoms with Crippen molar-refractivity contribution < 1.29 is 18.4 Å². The summed E-state index contributed by atoms with van der Waals surface area (Å²) in [6, 6.07) is 0. The molecule has 8 heteroatoms. The zero-order valence-electron chi connectivity index (χ0n) is 6.51.